The Kier molecular flexibility index (Phi) is 4.63. The molecule has 3 aromatic rings. The summed E-state index contributed by atoms with van der Waals surface area (Å²) in [6.45, 7) is 2.27. The van der Waals surface area contributed by atoms with Gasteiger partial charge in [0, 0.05) is 6.07 Å². The number of rotatable bonds is 5. The molecule has 0 spiro atoms. The van der Waals surface area contributed by atoms with Crippen LogP contribution in [0.1, 0.15) is 11.5 Å². The summed E-state index contributed by atoms with van der Waals surface area (Å²) in [6, 6.07) is 11.3. The highest BCUT2D eigenvalue weighted by Crippen LogP contribution is 2.19. The molecule has 0 aliphatic heterocycles. The second kappa shape index (κ2) is 7.02. The number of ether oxygens (including phenoxy) is 1. The maximum Gasteiger partial charge on any atom is 0.222 e. The van der Waals surface area contributed by atoms with E-state index < -0.39 is 0 Å². The number of aromatic nitrogens is 4. The van der Waals surface area contributed by atoms with E-state index in [1.165, 1.54) is 12.4 Å². The van der Waals surface area contributed by atoms with Gasteiger partial charge in [0.05, 0.1) is 29.7 Å². The van der Waals surface area contributed by atoms with Gasteiger partial charge in [-0.1, -0.05) is 29.8 Å². The van der Waals surface area contributed by atoms with E-state index in [1.54, 1.807) is 6.07 Å². The molecule has 0 fully saturated rings. The number of nitrogens with one attached hydrogen (secondary N) is 1. The molecule has 0 unspecified atom stereocenters. The standard InChI is InChI=1S/C16H14ClN5O/c1-11-21-13(10-20-16-18-8-12(17)9-19-16)7-15(22-11)23-14-5-3-2-4-6-14/h2-9H,10H2,1H3,(H,18,19,20). The molecule has 0 radical (unpaired) electrons. The number of nitrogens with zero attached hydrogens (tertiary/aromatic N) is 4. The molecule has 0 saturated heterocycles. The minimum absolute atomic E-state index is 0.455. The Hall–Kier alpha value is -2.73. The molecular weight excluding hydrogens is 314 g/mol. The fraction of sp³-hybridized carbons (Fsp3) is 0.125. The minimum Gasteiger partial charge on any atom is -0.439 e. The van der Waals surface area contributed by atoms with Gasteiger partial charge in [0.2, 0.25) is 11.8 Å². The molecule has 7 heteroatoms. The molecular formula is C16H14ClN5O. The van der Waals surface area contributed by atoms with Crippen LogP contribution in [0.4, 0.5) is 5.95 Å². The van der Waals surface area contributed by atoms with Crippen molar-refractivity contribution in [3.05, 3.63) is 65.3 Å². The third-order valence-corrected chi connectivity index (χ3v) is 3.08. The van der Waals surface area contributed by atoms with Crippen LogP contribution in [0.25, 0.3) is 0 Å². The van der Waals surface area contributed by atoms with Crippen molar-refractivity contribution in [2.75, 3.05) is 5.32 Å². The first kappa shape index (κ1) is 15.2. The highest BCUT2D eigenvalue weighted by Gasteiger charge is 2.05. The fourth-order valence-electron chi connectivity index (χ4n) is 1.92. The predicted octanol–water partition coefficient (Wildman–Crippen LogP) is 3.63. The number of hydrogen-bond donors (Lipinski definition) is 1. The van der Waals surface area contributed by atoms with E-state index in [-0.39, 0.29) is 0 Å². The van der Waals surface area contributed by atoms with Crippen molar-refractivity contribution in [1.82, 2.24) is 19.9 Å². The SMILES string of the molecule is Cc1nc(CNc2ncc(Cl)cn2)cc(Oc2ccccc2)n1. The van der Waals surface area contributed by atoms with Gasteiger partial charge >= 0.3 is 0 Å². The molecule has 0 aliphatic rings. The number of halogens is 1. The first-order valence-corrected chi connectivity index (χ1v) is 7.36. The lowest BCUT2D eigenvalue weighted by Gasteiger charge is -2.08. The normalized spacial score (nSPS) is 10.3. The zero-order valence-electron chi connectivity index (χ0n) is 12.4. The first-order valence-electron chi connectivity index (χ1n) is 6.98. The second-order valence-electron chi connectivity index (χ2n) is 4.74. The topological polar surface area (TPSA) is 72.8 Å². The van der Waals surface area contributed by atoms with Gasteiger partial charge in [-0.2, -0.15) is 4.98 Å². The number of aryl methyl sites for hydroxylation is 1. The van der Waals surface area contributed by atoms with Crippen molar-refractivity contribution in [2.45, 2.75) is 13.5 Å². The Bertz CT molecular complexity index is 780. The maximum absolute atomic E-state index is 5.76. The Morgan fingerprint density at radius 3 is 2.57 bits per heavy atom. The van der Waals surface area contributed by atoms with Crippen LogP contribution in [0.15, 0.2) is 48.8 Å². The highest BCUT2D eigenvalue weighted by atomic mass is 35.5. The summed E-state index contributed by atoms with van der Waals surface area (Å²) in [5.74, 6) is 2.34. The molecule has 0 atom stereocenters. The summed E-state index contributed by atoms with van der Waals surface area (Å²) in [7, 11) is 0. The molecule has 0 saturated carbocycles. The highest BCUT2D eigenvalue weighted by molar-refractivity contribution is 6.30. The van der Waals surface area contributed by atoms with Crippen LogP contribution < -0.4 is 10.1 Å². The van der Waals surface area contributed by atoms with Crippen molar-refractivity contribution in [1.29, 1.82) is 0 Å². The molecule has 0 amide bonds. The largest absolute Gasteiger partial charge is 0.439 e. The van der Waals surface area contributed by atoms with Crippen molar-refractivity contribution in [2.24, 2.45) is 0 Å². The first-order chi connectivity index (χ1) is 11.2. The molecule has 116 valence electrons. The summed E-state index contributed by atoms with van der Waals surface area (Å²) in [5.41, 5.74) is 0.780. The third kappa shape index (κ3) is 4.37. The molecule has 23 heavy (non-hydrogen) atoms. The van der Waals surface area contributed by atoms with Crippen molar-refractivity contribution >= 4 is 17.5 Å². The Labute approximate surface area is 138 Å². The van der Waals surface area contributed by atoms with E-state index in [2.05, 4.69) is 25.3 Å². The quantitative estimate of drug-likeness (QED) is 0.771. The molecule has 3 rings (SSSR count). The van der Waals surface area contributed by atoms with Crippen LogP contribution in [-0.4, -0.2) is 19.9 Å². The average Bonchev–Trinajstić information content (AvgIpc) is 2.55. The van der Waals surface area contributed by atoms with Crippen LogP contribution in [0, 0.1) is 6.92 Å². The predicted molar refractivity (Wildman–Crippen MR) is 87.7 cm³/mol. The molecule has 1 aromatic carbocycles. The Morgan fingerprint density at radius 1 is 1.09 bits per heavy atom. The number of hydrogen-bond acceptors (Lipinski definition) is 6. The Morgan fingerprint density at radius 2 is 1.83 bits per heavy atom. The summed E-state index contributed by atoms with van der Waals surface area (Å²) in [4.78, 5) is 16.8. The van der Waals surface area contributed by atoms with Gasteiger partial charge in [0.15, 0.2) is 0 Å². The van der Waals surface area contributed by atoms with Crippen molar-refractivity contribution in [3.63, 3.8) is 0 Å². The zero-order chi connectivity index (χ0) is 16.1. The smallest absolute Gasteiger partial charge is 0.222 e. The number of para-hydroxylation sites is 1. The molecule has 6 nitrogen and oxygen atoms in total. The number of anilines is 1. The monoisotopic (exact) mass is 327 g/mol. The van der Waals surface area contributed by atoms with Crippen LogP contribution >= 0.6 is 11.6 Å². The van der Waals surface area contributed by atoms with E-state index in [9.17, 15) is 0 Å². The molecule has 1 N–H and O–H groups in total. The average molecular weight is 328 g/mol. The van der Waals surface area contributed by atoms with Gasteiger partial charge in [-0.3, -0.25) is 0 Å². The van der Waals surface area contributed by atoms with Crippen molar-refractivity contribution < 1.29 is 4.74 Å². The van der Waals surface area contributed by atoms with Crippen molar-refractivity contribution in [3.8, 4) is 11.6 Å². The van der Waals surface area contributed by atoms with E-state index >= 15 is 0 Å². The maximum atomic E-state index is 5.76. The summed E-state index contributed by atoms with van der Waals surface area (Å²) >= 11 is 5.76. The zero-order valence-corrected chi connectivity index (χ0v) is 13.2. The van der Waals surface area contributed by atoms with Gasteiger partial charge in [0.25, 0.3) is 0 Å². The summed E-state index contributed by atoms with van der Waals surface area (Å²) in [6.07, 6.45) is 3.07. The molecule has 2 heterocycles. The lowest BCUT2D eigenvalue weighted by atomic mass is 10.3. The van der Waals surface area contributed by atoms with Crippen LogP contribution in [0.3, 0.4) is 0 Å². The van der Waals surface area contributed by atoms with E-state index in [1.807, 2.05) is 37.3 Å². The van der Waals surface area contributed by atoms with E-state index in [4.69, 9.17) is 16.3 Å². The molecule has 2 aromatic heterocycles. The van der Waals surface area contributed by atoms with Crippen LogP contribution in [0.5, 0.6) is 11.6 Å². The summed E-state index contributed by atoms with van der Waals surface area (Å²) in [5, 5.41) is 3.57. The second-order valence-corrected chi connectivity index (χ2v) is 5.17. The van der Waals surface area contributed by atoms with Gasteiger partial charge in [-0.25, -0.2) is 15.0 Å². The van der Waals surface area contributed by atoms with Gasteiger partial charge in [-0.05, 0) is 19.1 Å². The van der Waals surface area contributed by atoms with Gasteiger partial charge in [-0.15, -0.1) is 0 Å². The summed E-state index contributed by atoms with van der Waals surface area (Å²) < 4.78 is 5.74. The molecule has 0 aliphatic carbocycles. The fourth-order valence-corrected chi connectivity index (χ4v) is 2.02. The van der Waals surface area contributed by atoms with Gasteiger partial charge < -0.3 is 10.1 Å². The lowest BCUT2D eigenvalue weighted by Crippen LogP contribution is -2.06. The minimum atomic E-state index is 0.455. The van der Waals surface area contributed by atoms with E-state index in [0.717, 1.165) is 11.4 Å². The molecule has 0 bridgehead atoms. The Balaban J connectivity index is 1.71. The van der Waals surface area contributed by atoms with Crippen LogP contribution in [-0.2, 0) is 6.54 Å². The van der Waals surface area contributed by atoms with Crippen LogP contribution in [0.2, 0.25) is 5.02 Å². The van der Waals surface area contributed by atoms with Gasteiger partial charge in [0.1, 0.15) is 11.6 Å². The lowest BCUT2D eigenvalue weighted by molar-refractivity contribution is 0.458. The van der Waals surface area contributed by atoms with E-state index in [0.29, 0.717) is 29.2 Å². The third-order valence-electron chi connectivity index (χ3n) is 2.88. The number of benzene rings is 1.